The van der Waals surface area contributed by atoms with Crippen molar-refractivity contribution in [1.82, 2.24) is 10.6 Å². The number of alkyl halides is 2. The predicted octanol–water partition coefficient (Wildman–Crippen LogP) is 1.86. The summed E-state index contributed by atoms with van der Waals surface area (Å²) in [6.07, 6.45) is -0.568. The molecule has 6 nitrogen and oxygen atoms in total. The molecule has 114 valence electrons. The predicted molar refractivity (Wildman–Crippen MR) is 71.3 cm³/mol. The molecule has 0 aliphatic carbocycles. The minimum atomic E-state index is -2.90. The second kappa shape index (κ2) is 5.90. The fraction of sp³-hybridized carbons (Fsp3) is 0.417. The van der Waals surface area contributed by atoms with E-state index in [1.54, 1.807) is 0 Å². The Balaban J connectivity index is 1.98. The fourth-order valence-electron chi connectivity index (χ4n) is 2.02. The number of hydrogen-bond donors (Lipinski definition) is 2. The topological polar surface area (TPSA) is 84.3 Å². The molecule has 2 N–H and O–H groups in total. The monoisotopic (exact) mass is 319 g/mol. The number of nitro groups is 1. The van der Waals surface area contributed by atoms with Gasteiger partial charge in [0.15, 0.2) is 0 Å². The lowest BCUT2D eigenvalue weighted by molar-refractivity contribution is -0.384. The summed E-state index contributed by atoms with van der Waals surface area (Å²) >= 11 is 5.88. The van der Waals surface area contributed by atoms with Gasteiger partial charge >= 0.3 is 0 Å². The number of hydrogen-bond acceptors (Lipinski definition) is 4. The molecule has 0 radical (unpaired) electrons. The summed E-state index contributed by atoms with van der Waals surface area (Å²) < 4.78 is 26.0. The highest BCUT2D eigenvalue weighted by Gasteiger charge is 2.42. The molecule has 2 rings (SSSR count). The van der Waals surface area contributed by atoms with E-state index in [2.05, 4.69) is 10.6 Å². The van der Waals surface area contributed by atoms with Gasteiger partial charge in [0, 0.05) is 30.1 Å². The molecule has 1 aromatic carbocycles. The van der Waals surface area contributed by atoms with Gasteiger partial charge in [-0.05, 0) is 11.6 Å². The molecule has 0 saturated carbocycles. The molecule has 9 heteroatoms. The lowest BCUT2D eigenvalue weighted by Gasteiger charge is -2.12. The van der Waals surface area contributed by atoms with Crippen molar-refractivity contribution in [2.24, 2.45) is 0 Å². The SMILES string of the molecule is O=C(NCc1cc([N+](=O)[O-])ccc1Cl)C1CC(F)(F)CN1. The largest absolute Gasteiger partial charge is 0.351 e. The lowest BCUT2D eigenvalue weighted by atomic mass is 10.1. The average molecular weight is 320 g/mol. The Kier molecular flexibility index (Phi) is 4.38. The molecular formula is C12H12ClF2N3O3. The highest BCUT2D eigenvalue weighted by molar-refractivity contribution is 6.31. The van der Waals surface area contributed by atoms with Crippen LogP contribution in [0.5, 0.6) is 0 Å². The minimum Gasteiger partial charge on any atom is -0.351 e. The third kappa shape index (κ3) is 3.85. The number of nitro benzene ring substituents is 1. The van der Waals surface area contributed by atoms with Gasteiger partial charge in [-0.25, -0.2) is 8.78 Å². The zero-order valence-corrected chi connectivity index (χ0v) is 11.5. The van der Waals surface area contributed by atoms with Crippen molar-refractivity contribution in [3.63, 3.8) is 0 Å². The van der Waals surface area contributed by atoms with Crippen molar-refractivity contribution in [2.45, 2.75) is 24.9 Å². The number of amides is 1. The standard InChI is InChI=1S/C12H12ClF2N3O3/c13-9-2-1-8(18(20)21)3-7(9)5-16-11(19)10-4-12(14,15)6-17-10/h1-3,10,17H,4-6H2,(H,16,19). The molecule has 0 bridgehead atoms. The van der Waals surface area contributed by atoms with Gasteiger partial charge in [0.1, 0.15) is 0 Å². The lowest BCUT2D eigenvalue weighted by Crippen LogP contribution is -2.40. The van der Waals surface area contributed by atoms with Gasteiger partial charge in [-0.3, -0.25) is 20.2 Å². The first-order valence-electron chi connectivity index (χ1n) is 6.10. The van der Waals surface area contributed by atoms with Crippen molar-refractivity contribution >= 4 is 23.2 Å². The molecule has 0 spiro atoms. The zero-order valence-electron chi connectivity index (χ0n) is 10.7. The molecule has 1 unspecified atom stereocenters. The Morgan fingerprint density at radius 1 is 1.57 bits per heavy atom. The van der Waals surface area contributed by atoms with Gasteiger partial charge in [0.05, 0.1) is 17.5 Å². The van der Waals surface area contributed by atoms with Crippen LogP contribution in [-0.2, 0) is 11.3 Å². The number of non-ortho nitro benzene ring substituents is 1. The summed E-state index contributed by atoms with van der Waals surface area (Å²) in [4.78, 5) is 21.8. The van der Waals surface area contributed by atoms with Crippen LogP contribution >= 0.6 is 11.6 Å². The molecule has 1 heterocycles. The first-order valence-corrected chi connectivity index (χ1v) is 6.48. The Labute approximate surface area is 123 Å². The number of carbonyl (C=O) groups is 1. The van der Waals surface area contributed by atoms with E-state index in [4.69, 9.17) is 11.6 Å². The molecule has 1 fully saturated rings. The first kappa shape index (κ1) is 15.6. The summed E-state index contributed by atoms with van der Waals surface area (Å²) in [7, 11) is 0. The minimum absolute atomic E-state index is 0.0664. The molecule has 1 amide bonds. The third-order valence-electron chi connectivity index (χ3n) is 3.12. The molecule has 21 heavy (non-hydrogen) atoms. The van der Waals surface area contributed by atoms with Gasteiger partial charge in [-0.1, -0.05) is 11.6 Å². The second-order valence-electron chi connectivity index (χ2n) is 4.74. The van der Waals surface area contributed by atoms with Gasteiger partial charge in [0.25, 0.3) is 11.6 Å². The summed E-state index contributed by atoms with van der Waals surface area (Å²) in [6.45, 7) is -0.605. The Bertz CT molecular complexity index is 583. The normalized spacial score (nSPS) is 20.2. The van der Waals surface area contributed by atoms with Crippen LogP contribution in [0, 0.1) is 10.1 Å². The van der Waals surface area contributed by atoms with Crippen LogP contribution in [0.25, 0.3) is 0 Å². The van der Waals surface area contributed by atoms with Crippen LogP contribution in [0.4, 0.5) is 14.5 Å². The summed E-state index contributed by atoms with van der Waals surface area (Å²) in [5.41, 5.74) is 0.193. The van der Waals surface area contributed by atoms with Gasteiger partial charge < -0.3 is 5.32 Å². The smallest absolute Gasteiger partial charge is 0.269 e. The Morgan fingerprint density at radius 3 is 2.86 bits per heavy atom. The number of nitrogens with zero attached hydrogens (tertiary/aromatic N) is 1. The summed E-state index contributed by atoms with van der Waals surface area (Å²) in [5.74, 6) is -3.49. The van der Waals surface area contributed by atoms with Crippen molar-refractivity contribution in [3.05, 3.63) is 38.9 Å². The van der Waals surface area contributed by atoms with Crippen LogP contribution in [-0.4, -0.2) is 29.3 Å². The molecule has 1 atom stereocenters. The van der Waals surface area contributed by atoms with Crippen LogP contribution in [0.1, 0.15) is 12.0 Å². The van der Waals surface area contributed by atoms with Crippen LogP contribution in [0.3, 0.4) is 0 Å². The van der Waals surface area contributed by atoms with E-state index in [9.17, 15) is 23.7 Å². The van der Waals surface area contributed by atoms with Crippen molar-refractivity contribution in [1.29, 1.82) is 0 Å². The summed E-state index contributed by atoms with van der Waals surface area (Å²) in [5, 5.41) is 15.8. The van der Waals surface area contributed by atoms with E-state index in [0.29, 0.717) is 5.56 Å². The van der Waals surface area contributed by atoms with Gasteiger partial charge in [0.2, 0.25) is 5.91 Å². The van der Waals surface area contributed by atoms with Crippen LogP contribution in [0.15, 0.2) is 18.2 Å². The van der Waals surface area contributed by atoms with E-state index in [1.807, 2.05) is 0 Å². The Morgan fingerprint density at radius 2 is 2.29 bits per heavy atom. The highest BCUT2D eigenvalue weighted by atomic mass is 35.5. The molecule has 1 aliphatic heterocycles. The average Bonchev–Trinajstić information content (AvgIpc) is 2.77. The van der Waals surface area contributed by atoms with E-state index < -0.39 is 35.8 Å². The van der Waals surface area contributed by atoms with Gasteiger partial charge in [-0.15, -0.1) is 0 Å². The maximum atomic E-state index is 13.0. The van der Waals surface area contributed by atoms with Crippen LogP contribution in [0.2, 0.25) is 5.02 Å². The van der Waals surface area contributed by atoms with Crippen molar-refractivity contribution in [3.8, 4) is 0 Å². The Hall–Kier alpha value is -1.80. The number of carbonyl (C=O) groups excluding carboxylic acids is 1. The van der Waals surface area contributed by atoms with Crippen molar-refractivity contribution in [2.75, 3.05) is 6.54 Å². The molecule has 1 aromatic rings. The molecule has 0 aromatic heterocycles. The summed E-state index contributed by atoms with van der Waals surface area (Å²) in [6, 6.07) is 2.85. The highest BCUT2D eigenvalue weighted by Crippen LogP contribution is 2.25. The molecule has 1 saturated heterocycles. The number of benzene rings is 1. The van der Waals surface area contributed by atoms with E-state index in [1.165, 1.54) is 18.2 Å². The van der Waals surface area contributed by atoms with E-state index in [-0.39, 0.29) is 17.3 Å². The molecular weight excluding hydrogens is 308 g/mol. The number of nitrogens with one attached hydrogen (secondary N) is 2. The maximum absolute atomic E-state index is 13.0. The van der Waals surface area contributed by atoms with Crippen molar-refractivity contribution < 1.29 is 18.5 Å². The molecule has 1 aliphatic rings. The second-order valence-corrected chi connectivity index (χ2v) is 5.15. The van der Waals surface area contributed by atoms with Gasteiger partial charge in [-0.2, -0.15) is 0 Å². The first-order chi connectivity index (χ1) is 9.78. The maximum Gasteiger partial charge on any atom is 0.269 e. The fourth-order valence-corrected chi connectivity index (χ4v) is 2.20. The van der Waals surface area contributed by atoms with Crippen LogP contribution < -0.4 is 10.6 Å². The third-order valence-corrected chi connectivity index (χ3v) is 3.49. The number of rotatable bonds is 4. The quantitative estimate of drug-likeness (QED) is 0.655. The number of halogens is 3. The van der Waals surface area contributed by atoms with E-state index in [0.717, 1.165) is 0 Å². The van der Waals surface area contributed by atoms with E-state index >= 15 is 0 Å². The zero-order chi connectivity index (χ0) is 15.6.